The van der Waals surface area contributed by atoms with Crippen LogP contribution in [0.4, 0.5) is 0 Å². The summed E-state index contributed by atoms with van der Waals surface area (Å²) in [5.41, 5.74) is 0. The van der Waals surface area contributed by atoms with Crippen LogP contribution in [-0.4, -0.2) is 18.5 Å². The molecular formula is C5H7N3O. The molecule has 4 nitrogen and oxygen atoms in total. The molecular weight excluding hydrogens is 118 g/mol. The summed E-state index contributed by atoms with van der Waals surface area (Å²) in [5.74, 6) is 0.0164. The molecule has 0 aromatic rings. The van der Waals surface area contributed by atoms with E-state index < -0.39 is 0 Å². The molecule has 1 saturated heterocycles. The van der Waals surface area contributed by atoms with Gasteiger partial charge < -0.3 is 10.6 Å². The summed E-state index contributed by atoms with van der Waals surface area (Å²) in [6.07, 6.45) is 2.21. The van der Waals surface area contributed by atoms with Crippen molar-refractivity contribution >= 4 is 5.91 Å². The van der Waals surface area contributed by atoms with Crippen molar-refractivity contribution in [3.8, 4) is 6.19 Å². The summed E-state index contributed by atoms with van der Waals surface area (Å²) in [6, 6.07) is 0.0162. The molecule has 1 rings (SSSR count). The van der Waals surface area contributed by atoms with Crippen LogP contribution in [0.25, 0.3) is 0 Å². The number of amides is 1. The summed E-state index contributed by atoms with van der Waals surface area (Å²) in [6.45, 7) is 0.576. The van der Waals surface area contributed by atoms with E-state index in [2.05, 4.69) is 10.6 Å². The highest BCUT2D eigenvalue weighted by Gasteiger charge is 2.19. The maximum absolute atomic E-state index is 10.5. The van der Waals surface area contributed by atoms with Gasteiger partial charge in [-0.2, -0.15) is 5.26 Å². The highest BCUT2D eigenvalue weighted by Crippen LogP contribution is 1.96. The van der Waals surface area contributed by atoms with E-state index in [0.29, 0.717) is 13.0 Å². The fourth-order valence-electron chi connectivity index (χ4n) is 0.799. The van der Waals surface area contributed by atoms with Crippen molar-refractivity contribution in [2.24, 2.45) is 0 Å². The van der Waals surface area contributed by atoms with Gasteiger partial charge in [0.25, 0.3) is 0 Å². The minimum Gasteiger partial charge on any atom is -0.354 e. The number of hydrogen-bond donors (Lipinski definition) is 2. The summed E-state index contributed by atoms with van der Waals surface area (Å²) in [4.78, 5) is 10.5. The lowest BCUT2D eigenvalue weighted by molar-refractivity contribution is -0.119. The SMILES string of the molecule is N#CNC1CNC(=O)C1. The van der Waals surface area contributed by atoms with Gasteiger partial charge >= 0.3 is 0 Å². The molecule has 1 aliphatic heterocycles. The number of carbonyl (C=O) groups excluding carboxylic acids is 1. The summed E-state index contributed by atoms with van der Waals surface area (Å²) >= 11 is 0. The van der Waals surface area contributed by atoms with Gasteiger partial charge in [0.05, 0.1) is 6.04 Å². The van der Waals surface area contributed by atoms with Crippen LogP contribution in [0.3, 0.4) is 0 Å². The van der Waals surface area contributed by atoms with Crippen molar-refractivity contribution in [2.45, 2.75) is 12.5 Å². The minimum absolute atomic E-state index is 0.0162. The van der Waals surface area contributed by atoms with Crippen LogP contribution in [0.15, 0.2) is 0 Å². The average Bonchev–Trinajstić information content (AvgIpc) is 2.17. The third kappa shape index (κ3) is 1.32. The summed E-state index contributed by atoms with van der Waals surface area (Å²) < 4.78 is 0. The Morgan fingerprint density at radius 2 is 2.67 bits per heavy atom. The maximum Gasteiger partial charge on any atom is 0.222 e. The zero-order valence-electron chi connectivity index (χ0n) is 4.85. The third-order valence-electron chi connectivity index (χ3n) is 1.25. The summed E-state index contributed by atoms with van der Waals surface area (Å²) in [5, 5.41) is 13.2. The molecule has 0 bridgehead atoms. The Hall–Kier alpha value is -1.24. The number of rotatable bonds is 1. The molecule has 1 aliphatic rings. The van der Waals surface area contributed by atoms with Crippen LogP contribution in [0.5, 0.6) is 0 Å². The van der Waals surface area contributed by atoms with Gasteiger partial charge in [-0.05, 0) is 0 Å². The van der Waals surface area contributed by atoms with Crippen LogP contribution < -0.4 is 10.6 Å². The third-order valence-corrected chi connectivity index (χ3v) is 1.25. The topological polar surface area (TPSA) is 64.9 Å². The Labute approximate surface area is 52.8 Å². The lowest BCUT2D eigenvalue weighted by atomic mass is 10.3. The van der Waals surface area contributed by atoms with Crippen LogP contribution in [0, 0.1) is 11.5 Å². The van der Waals surface area contributed by atoms with Gasteiger partial charge in [0.2, 0.25) is 5.91 Å². The minimum atomic E-state index is 0.0162. The zero-order valence-corrected chi connectivity index (χ0v) is 4.85. The van der Waals surface area contributed by atoms with Crippen molar-refractivity contribution in [3.63, 3.8) is 0 Å². The first-order valence-electron chi connectivity index (χ1n) is 2.74. The van der Waals surface area contributed by atoms with Gasteiger partial charge in [0.15, 0.2) is 6.19 Å². The van der Waals surface area contributed by atoms with E-state index >= 15 is 0 Å². The van der Waals surface area contributed by atoms with Gasteiger partial charge in [-0.25, -0.2) is 0 Å². The largest absolute Gasteiger partial charge is 0.354 e. The van der Waals surface area contributed by atoms with E-state index in [1.807, 2.05) is 0 Å². The average molecular weight is 125 g/mol. The van der Waals surface area contributed by atoms with E-state index in [9.17, 15) is 4.79 Å². The van der Waals surface area contributed by atoms with Gasteiger partial charge in [-0.3, -0.25) is 4.79 Å². The monoisotopic (exact) mass is 125 g/mol. The Bertz CT molecular complexity index is 160. The molecule has 1 unspecified atom stereocenters. The maximum atomic E-state index is 10.5. The molecule has 0 spiro atoms. The molecule has 0 aromatic carbocycles. The van der Waals surface area contributed by atoms with E-state index in [4.69, 9.17) is 5.26 Å². The first-order chi connectivity index (χ1) is 4.33. The van der Waals surface area contributed by atoms with Gasteiger partial charge in [0.1, 0.15) is 0 Å². The molecule has 1 fully saturated rings. The lowest BCUT2D eigenvalue weighted by Gasteiger charge is -1.99. The molecule has 4 heteroatoms. The number of hydrogen-bond acceptors (Lipinski definition) is 3. The number of carbonyl (C=O) groups is 1. The Balaban J connectivity index is 2.32. The van der Waals surface area contributed by atoms with Gasteiger partial charge in [-0.1, -0.05) is 0 Å². The van der Waals surface area contributed by atoms with Gasteiger partial charge in [0, 0.05) is 13.0 Å². The number of nitriles is 1. The molecule has 0 saturated carbocycles. The molecule has 9 heavy (non-hydrogen) atoms. The van der Waals surface area contributed by atoms with E-state index in [0.717, 1.165) is 0 Å². The Morgan fingerprint density at radius 3 is 3.11 bits per heavy atom. The molecule has 1 atom stereocenters. The fraction of sp³-hybridized carbons (Fsp3) is 0.600. The molecule has 0 aliphatic carbocycles. The predicted octanol–water partition coefficient (Wildman–Crippen LogP) is -1.05. The summed E-state index contributed by atoms with van der Waals surface area (Å²) in [7, 11) is 0. The van der Waals surface area contributed by atoms with Crippen LogP contribution in [0.2, 0.25) is 0 Å². The van der Waals surface area contributed by atoms with Crippen LogP contribution >= 0.6 is 0 Å². The van der Waals surface area contributed by atoms with Crippen molar-refractivity contribution in [2.75, 3.05) is 6.54 Å². The Morgan fingerprint density at radius 1 is 1.89 bits per heavy atom. The van der Waals surface area contributed by atoms with E-state index in [1.54, 1.807) is 6.19 Å². The van der Waals surface area contributed by atoms with E-state index in [1.165, 1.54) is 0 Å². The first-order valence-corrected chi connectivity index (χ1v) is 2.74. The van der Waals surface area contributed by atoms with Crippen molar-refractivity contribution in [1.29, 1.82) is 5.26 Å². The first kappa shape index (κ1) is 5.89. The van der Waals surface area contributed by atoms with Gasteiger partial charge in [-0.15, -0.1) is 0 Å². The number of nitrogens with zero attached hydrogens (tertiary/aromatic N) is 1. The zero-order chi connectivity index (χ0) is 6.69. The van der Waals surface area contributed by atoms with Crippen molar-refractivity contribution < 1.29 is 4.79 Å². The molecule has 0 aromatic heterocycles. The number of nitrogens with one attached hydrogen (secondary N) is 2. The van der Waals surface area contributed by atoms with Crippen molar-refractivity contribution in [1.82, 2.24) is 10.6 Å². The molecule has 1 amide bonds. The fourth-order valence-corrected chi connectivity index (χ4v) is 0.799. The highest BCUT2D eigenvalue weighted by molar-refractivity contribution is 5.78. The van der Waals surface area contributed by atoms with E-state index in [-0.39, 0.29) is 11.9 Å². The molecule has 48 valence electrons. The smallest absolute Gasteiger partial charge is 0.222 e. The van der Waals surface area contributed by atoms with Crippen molar-refractivity contribution in [3.05, 3.63) is 0 Å². The van der Waals surface area contributed by atoms with Crippen LogP contribution in [-0.2, 0) is 4.79 Å². The highest BCUT2D eigenvalue weighted by atomic mass is 16.1. The Kier molecular flexibility index (Phi) is 1.54. The lowest BCUT2D eigenvalue weighted by Crippen LogP contribution is -2.26. The second kappa shape index (κ2) is 2.35. The normalized spacial score (nSPS) is 24.8. The molecule has 0 radical (unpaired) electrons. The second-order valence-corrected chi connectivity index (χ2v) is 1.96. The second-order valence-electron chi connectivity index (χ2n) is 1.96. The standard InChI is InChI=1S/C5H7N3O/c6-3-8-4-1-5(9)7-2-4/h4,8H,1-2H2,(H,7,9). The molecule has 1 heterocycles. The van der Waals surface area contributed by atoms with Crippen LogP contribution in [0.1, 0.15) is 6.42 Å². The predicted molar refractivity (Wildman–Crippen MR) is 30.2 cm³/mol. The molecule has 2 N–H and O–H groups in total. The quantitative estimate of drug-likeness (QED) is 0.347.